The number of anilines is 2. The summed E-state index contributed by atoms with van der Waals surface area (Å²) in [5.41, 5.74) is 3.69. The fourth-order valence-electron chi connectivity index (χ4n) is 8.59. The van der Waals surface area contributed by atoms with Crippen LogP contribution in [0.3, 0.4) is 0 Å². The van der Waals surface area contributed by atoms with Crippen molar-refractivity contribution in [3.8, 4) is 5.75 Å². The van der Waals surface area contributed by atoms with Gasteiger partial charge in [0, 0.05) is 52.9 Å². The highest BCUT2D eigenvalue weighted by Crippen LogP contribution is 2.60. The average Bonchev–Trinajstić information content (AvgIpc) is 3.78. The van der Waals surface area contributed by atoms with Crippen molar-refractivity contribution in [2.75, 3.05) is 30.5 Å². The predicted octanol–water partition coefficient (Wildman–Crippen LogP) is 6.11. The van der Waals surface area contributed by atoms with E-state index < -0.39 is 31.5 Å². The number of amides is 3. The maximum absolute atomic E-state index is 14.9. The zero-order valence-corrected chi connectivity index (χ0v) is 32.6. The van der Waals surface area contributed by atoms with Gasteiger partial charge in [-0.1, -0.05) is 67.6 Å². The van der Waals surface area contributed by atoms with Gasteiger partial charge < -0.3 is 39.5 Å². The van der Waals surface area contributed by atoms with E-state index in [-0.39, 0.29) is 50.3 Å². The number of nitrogens with zero attached hydrogens (tertiary/aromatic N) is 2. The van der Waals surface area contributed by atoms with Gasteiger partial charge in [-0.3, -0.25) is 14.4 Å². The van der Waals surface area contributed by atoms with Crippen LogP contribution < -0.4 is 15.0 Å². The van der Waals surface area contributed by atoms with E-state index >= 15 is 0 Å². The van der Waals surface area contributed by atoms with Crippen LogP contribution >= 0.6 is 0 Å². The molecule has 5 aromatic rings. The Hall–Kier alpha value is -5.27. The van der Waals surface area contributed by atoms with Crippen molar-refractivity contribution in [1.29, 1.82) is 0 Å². The monoisotopic (exact) mass is 760 g/mol. The molecule has 0 aliphatic carbocycles. The quantitative estimate of drug-likeness (QED) is 0.106. The van der Waals surface area contributed by atoms with Gasteiger partial charge in [0.25, 0.3) is 5.91 Å². The van der Waals surface area contributed by atoms with E-state index in [9.17, 15) is 24.3 Å². The number of H-pyrrole nitrogens is 1. The number of hydrogen-bond donors (Lipinski definition) is 4. The molecule has 2 aliphatic heterocycles. The fourth-order valence-corrected chi connectivity index (χ4v) is 11.1. The molecule has 0 unspecified atom stereocenters. The molecule has 0 bridgehead atoms. The lowest BCUT2D eigenvalue weighted by molar-refractivity contribution is -0.150. The number of nitrogens with one attached hydrogen (secondary N) is 2. The molecule has 1 spiro atoms. The zero-order chi connectivity index (χ0) is 38.9. The highest BCUT2D eigenvalue weighted by Gasteiger charge is 2.66. The van der Waals surface area contributed by atoms with Crippen LogP contribution in [0.25, 0.3) is 10.9 Å². The minimum atomic E-state index is -3.04. The first-order valence-corrected chi connectivity index (χ1v) is 21.7. The molecular weight excluding hydrogens is 713 g/mol. The van der Waals surface area contributed by atoms with E-state index in [0.717, 1.165) is 27.6 Å². The molecule has 286 valence electrons. The molecule has 3 amide bonds. The van der Waals surface area contributed by atoms with Gasteiger partial charge in [0.05, 0.1) is 44.9 Å². The maximum atomic E-state index is 14.9. The second-order valence-electron chi connectivity index (χ2n) is 15.1. The minimum Gasteiger partial charge on any atom is -0.497 e. The lowest BCUT2D eigenvalue weighted by Gasteiger charge is -2.32. The van der Waals surface area contributed by atoms with Crippen LogP contribution in [-0.2, 0) is 44.2 Å². The molecule has 55 heavy (non-hydrogen) atoms. The van der Waals surface area contributed by atoms with E-state index in [1.807, 2.05) is 123 Å². The zero-order valence-electron chi connectivity index (χ0n) is 31.6. The van der Waals surface area contributed by atoms with E-state index in [1.165, 1.54) is 0 Å². The summed E-state index contributed by atoms with van der Waals surface area (Å²) in [4.78, 5) is 60.2. The summed E-state index contributed by atoms with van der Waals surface area (Å²) in [6.45, 7) is 6.08. The van der Waals surface area contributed by atoms with Gasteiger partial charge in [-0.25, -0.2) is 0 Å². The van der Waals surface area contributed by atoms with Crippen molar-refractivity contribution in [2.45, 2.75) is 63.2 Å². The molecule has 1 fully saturated rings. The molecule has 4 atom stereocenters. The van der Waals surface area contributed by atoms with Gasteiger partial charge in [-0.2, -0.15) is 0 Å². The van der Waals surface area contributed by atoms with Crippen LogP contribution in [0.4, 0.5) is 11.4 Å². The average molecular weight is 761 g/mol. The number of carbonyl (C=O) groups excluding carboxylic acids is 3. The number of aromatic nitrogens is 1. The van der Waals surface area contributed by atoms with Crippen molar-refractivity contribution >= 4 is 48.3 Å². The van der Waals surface area contributed by atoms with Crippen LogP contribution in [-0.4, -0.2) is 72.2 Å². The third-order valence-electron chi connectivity index (χ3n) is 11.1. The summed E-state index contributed by atoms with van der Waals surface area (Å²) in [6, 6.07) is 30.4. The number of carbonyl (C=O) groups is 3. The van der Waals surface area contributed by atoms with Gasteiger partial charge in [0.15, 0.2) is 13.9 Å². The number of hydrogen-bond acceptors (Lipinski definition) is 7. The van der Waals surface area contributed by atoms with Gasteiger partial charge in [-0.15, -0.1) is 0 Å². The van der Waals surface area contributed by atoms with E-state index in [0.29, 0.717) is 29.2 Å². The summed E-state index contributed by atoms with van der Waals surface area (Å²) in [7, 11) is -1.48. The molecule has 3 heterocycles. The standard InChI is InChI=1S/C43H48N4O7Si/c1-28-41(55(3,4)52)38(24-40(50)46(20-21-48)26-29-10-6-5-7-11-29)54-43(28)35-23-33(53-2)18-19-37(35)47(42(43)51)27-30-14-16-32(17-15-30)45-39(49)22-31-25-44-36-13-9-8-12-34(31)36/h5-19,23,25,28,38,41,44,48,52H,20-22,24,26-27H2,1-4H3,(H,45,49)/t28-,38+,41-,43+/m1/s1. The lowest BCUT2D eigenvalue weighted by Crippen LogP contribution is -2.46. The molecule has 1 saturated heterocycles. The number of methoxy groups -OCH3 is 1. The van der Waals surface area contributed by atoms with Gasteiger partial charge in [0.2, 0.25) is 11.8 Å². The SMILES string of the molecule is COc1ccc2c(c1)[C@]1(O[C@@H](CC(=O)N(CCO)Cc3ccccc3)[C@H]([Si](C)(C)O)[C@H]1C)C(=O)N2Cc1ccc(NC(=O)Cc2c[nH]c3ccccc23)cc1. The summed E-state index contributed by atoms with van der Waals surface area (Å²) in [5.74, 6) is -0.548. The lowest BCUT2D eigenvalue weighted by atomic mass is 9.82. The first-order valence-electron chi connectivity index (χ1n) is 18.7. The number of aliphatic hydroxyl groups excluding tert-OH is 1. The fraction of sp³-hybridized carbons (Fsp3) is 0.326. The topological polar surface area (TPSA) is 144 Å². The van der Waals surface area contributed by atoms with E-state index in [2.05, 4.69) is 10.3 Å². The van der Waals surface area contributed by atoms with Crippen LogP contribution in [0.5, 0.6) is 5.75 Å². The Labute approximate surface area is 322 Å². The second-order valence-corrected chi connectivity index (χ2v) is 19.1. The number of aromatic amines is 1. The summed E-state index contributed by atoms with van der Waals surface area (Å²) >= 11 is 0. The van der Waals surface area contributed by atoms with Crippen molar-refractivity contribution < 1.29 is 33.8 Å². The third-order valence-corrected chi connectivity index (χ3v) is 13.6. The normalized spacial score (nSPS) is 20.6. The summed E-state index contributed by atoms with van der Waals surface area (Å²) < 4.78 is 12.5. The number of para-hydroxylation sites is 1. The van der Waals surface area contributed by atoms with Crippen molar-refractivity contribution in [3.05, 3.63) is 126 Å². The van der Waals surface area contributed by atoms with Crippen LogP contribution in [0.2, 0.25) is 18.6 Å². The number of fused-ring (bicyclic) bond motifs is 3. The molecule has 2 aliphatic rings. The smallest absolute Gasteiger partial charge is 0.264 e. The molecule has 11 nitrogen and oxygen atoms in total. The van der Waals surface area contributed by atoms with Gasteiger partial charge in [0.1, 0.15) is 5.75 Å². The van der Waals surface area contributed by atoms with E-state index in [4.69, 9.17) is 9.47 Å². The molecule has 0 radical (unpaired) electrons. The van der Waals surface area contributed by atoms with Crippen LogP contribution in [0.15, 0.2) is 103 Å². The Morgan fingerprint density at radius 3 is 2.44 bits per heavy atom. The Kier molecular flexibility index (Phi) is 10.7. The Morgan fingerprint density at radius 1 is 1.00 bits per heavy atom. The molecule has 12 heteroatoms. The van der Waals surface area contributed by atoms with E-state index in [1.54, 1.807) is 16.9 Å². The number of aliphatic hydroxyl groups is 1. The summed E-state index contributed by atoms with van der Waals surface area (Å²) in [6.07, 6.45) is 1.28. The number of ether oxygens (including phenoxy) is 2. The maximum Gasteiger partial charge on any atom is 0.264 e. The first-order chi connectivity index (χ1) is 26.4. The molecule has 1 aromatic heterocycles. The van der Waals surface area contributed by atoms with Crippen molar-refractivity contribution in [1.82, 2.24) is 9.88 Å². The minimum absolute atomic E-state index is 0.0549. The third kappa shape index (κ3) is 7.42. The molecule has 0 saturated carbocycles. The molecule has 7 rings (SSSR count). The van der Waals surface area contributed by atoms with Crippen molar-refractivity contribution in [2.24, 2.45) is 5.92 Å². The predicted molar refractivity (Wildman–Crippen MR) is 214 cm³/mol. The Bertz CT molecular complexity index is 2180. The summed E-state index contributed by atoms with van der Waals surface area (Å²) in [5, 5.41) is 13.9. The van der Waals surface area contributed by atoms with Crippen LogP contribution in [0.1, 0.15) is 35.6 Å². The molecule has 4 aromatic carbocycles. The Balaban J connectivity index is 1.13. The highest BCUT2D eigenvalue weighted by atomic mass is 28.4. The first kappa shape index (κ1) is 38.0. The second kappa shape index (κ2) is 15.5. The molecular formula is C43H48N4O7Si. The van der Waals surface area contributed by atoms with Gasteiger partial charge >= 0.3 is 0 Å². The van der Waals surface area contributed by atoms with Crippen molar-refractivity contribution in [3.63, 3.8) is 0 Å². The highest BCUT2D eigenvalue weighted by molar-refractivity contribution is 6.71. The number of rotatable bonds is 13. The number of benzene rings is 4. The molecule has 4 N–H and O–H groups in total. The van der Waals surface area contributed by atoms with Crippen LogP contribution in [0, 0.1) is 5.92 Å². The van der Waals surface area contributed by atoms with Gasteiger partial charge in [-0.05, 0) is 66.2 Å². The Morgan fingerprint density at radius 2 is 1.73 bits per heavy atom. The largest absolute Gasteiger partial charge is 0.497 e.